The molecule has 6 heteroatoms. The van der Waals surface area contributed by atoms with Gasteiger partial charge in [0.15, 0.2) is 0 Å². The Labute approximate surface area is 126 Å². The second-order valence-corrected chi connectivity index (χ2v) is 6.93. The topological polar surface area (TPSA) is 53.6 Å². The lowest BCUT2D eigenvalue weighted by Crippen LogP contribution is -2.46. The third-order valence-corrected chi connectivity index (χ3v) is 5.15. The normalized spacial score (nSPS) is 23.4. The predicted octanol–water partition coefficient (Wildman–Crippen LogP) is 0.309. The van der Waals surface area contributed by atoms with Gasteiger partial charge in [0.2, 0.25) is 5.91 Å². The number of piperidine rings is 1. The van der Waals surface area contributed by atoms with Crippen LogP contribution in [0.1, 0.15) is 19.8 Å². The second-order valence-electron chi connectivity index (χ2n) is 5.64. The molecule has 1 amide bonds. The average Bonchev–Trinajstić information content (AvgIpc) is 2.47. The van der Waals surface area contributed by atoms with E-state index >= 15 is 0 Å². The minimum atomic E-state index is 0.175. The van der Waals surface area contributed by atoms with Crippen molar-refractivity contribution in [1.82, 2.24) is 15.5 Å². The molecule has 1 atom stereocenters. The Morgan fingerprint density at radius 3 is 2.80 bits per heavy atom. The van der Waals surface area contributed by atoms with Crippen molar-refractivity contribution in [1.29, 1.82) is 0 Å². The molecule has 0 radical (unpaired) electrons. The first-order valence-corrected chi connectivity index (χ1v) is 8.70. The smallest absolute Gasteiger partial charge is 0.230 e. The van der Waals surface area contributed by atoms with Crippen molar-refractivity contribution in [2.45, 2.75) is 31.1 Å². The zero-order chi connectivity index (χ0) is 14.2. The van der Waals surface area contributed by atoms with Gasteiger partial charge >= 0.3 is 0 Å². The first-order valence-electron chi connectivity index (χ1n) is 7.66. The van der Waals surface area contributed by atoms with Crippen molar-refractivity contribution in [3.05, 3.63) is 0 Å². The standard InChI is InChI=1S/C14H27N3O2S/c1-12(10-17-6-8-19-9-7-17)16-14(18)11-20-13-2-4-15-5-3-13/h12-13,15H,2-11H2,1H3,(H,16,18). The Bertz CT molecular complexity index is 292. The lowest BCUT2D eigenvalue weighted by atomic mass is 10.2. The third-order valence-electron chi connectivity index (χ3n) is 3.78. The van der Waals surface area contributed by atoms with Gasteiger partial charge in [0.25, 0.3) is 0 Å². The van der Waals surface area contributed by atoms with E-state index in [0.29, 0.717) is 11.0 Å². The molecule has 2 heterocycles. The molecule has 2 aliphatic heterocycles. The van der Waals surface area contributed by atoms with Crippen LogP contribution in [-0.4, -0.2) is 73.8 Å². The molecule has 0 aromatic rings. The quantitative estimate of drug-likeness (QED) is 0.739. The van der Waals surface area contributed by atoms with Gasteiger partial charge in [-0.1, -0.05) is 0 Å². The molecule has 116 valence electrons. The SMILES string of the molecule is CC(CN1CCOCC1)NC(=O)CSC1CCNCC1. The van der Waals surface area contributed by atoms with Gasteiger partial charge in [0.1, 0.15) is 0 Å². The van der Waals surface area contributed by atoms with Crippen LogP contribution in [0, 0.1) is 0 Å². The highest BCUT2D eigenvalue weighted by Gasteiger charge is 2.17. The van der Waals surface area contributed by atoms with Crippen LogP contribution in [0.15, 0.2) is 0 Å². The Morgan fingerprint density at radius 1 is 1.40 bits per heavy atom. The first-order chi connectivity index (χ1) is 9.74. The summed E-state index contributed by atoms with van der Waals surface area (Å²) < 4.78 is 5.33. The molecule has 5 nitrogen and oxygen atoms in total. The van der Waals surface area contributed by atoms with Crippen molar-refractivity contribution in [2.75, 3.05) is 51.7 Å². The molecule has 0 aromatic carbocycles. The molecule has 2 aliphatic rings. The minimum absolute atomic E-state index is 0.175. The summed E-state index contributed by atoms with van der Waals surface area (Å²) in [6.45, 7) is 8.77. The van der Waals surface area contributed by atoms with E-state index in [-0.39, 0.29) is 11.9 Å². The van der Waals surface area contributed by atoms with Gasteiger partial charge in [-0.3, -0.25) is 9.69 Å². The first kappa shape index (κ1) is 16.1. The molecule has 0 aromatic heterocycles. The summed E-state index contributed by atoms with van der Waals surface area (Å²) in [6, 6.07) is 0.217. The number of thioether (sulfide) groups is 1. The molecular formula is C14H27N3O2S. The van der Waals surface area contributed by atoms with E-state index in [9.17, 15) is 4.79 Å². The van der Waals surface area contributed by atoms with E-state index in [1.807, 2.05) is 11.8 Å². The van der Waals surface area contributed by atoms with E-state index in [2.05, 4.69) is 22.5 Å². The third kappa shape index (κ3) is 5.99. The van der Waals surface area contributed by atoms with Crippen LogP contribution in [0.5, 0.6) is 0 Å². The molecule has 0 spiro atoms. The number of ether oxygens (including phenoxy) is 1. The Hall–Kier alpha value is -0.300. The lowest BCUT2D eigenvalue weighted by Gasteiger charge is -2.29. The highest BCUT2D eigenvalue weighted by molar-refractivity contribution is 8.00. The molecule has 0 bridgehead atoms. The lowest BCUT2D eigenvalue weighted by molar-refractivity contribution is -0.119. The van der Waals surface area contributed by atoms with Gasteiger partial charge in [0, 0.05) is 30.9 Å². The van der Waals surface area contributed by atoms with E-state index in [1.165, 1.54) is 12.8 Å². The fourth-order valence-corrected chi connectivity index (χ4v) is 3.73. The summed E-state index contributed by atoms with van der Waals surface area (Å²) >= 11 is 1.81. The van der Waals surface area contributed by atoms with E-state index in [0.717, 1.165) is 45.9 Å². The summed E-state index contributed by atoms with van der Waals surface area (Å²) in [6.07, 6.45) is 2.36. The molecule has 2 fully saturated rings. The maximum Gasteiger partial charge on any atom is 0.230 e. The largest absolute Gasteiger partial charge is 0.379 e. The van der Waals surface area contributed by atoms with Crippen LogP contribution < -0.4 is 10.6 Å². The molecule has 2 rings (SSSR count). The number of hydrogen-bond donors (Lipinski definition) is 2. The molecule has 0 saturated carbocycles. The van der Waals surface area contributed by atoms with Crippen molar-refractivity contribution in [3.8, 4) is 0 Å². The maximum absolute atomic E-state index is 11.9. The molecule has 20 heavy (non-hydrogen) atoms. The summed E-state index contributed by atoms with van der Waals surface area (Å²) in [5.41, 5.74) is 0. The van der Waals surface area contributed by atoms with Gasteiger partial charge in [-0.05, 0) is 32.9 Å². The Kier molecular flexibility index (Phi) is 7.13. The maximum atomic E-state index is 11.9. The number of carbonyl (C=O) groups is 1. The van der Waals surface area contributed by atoms with Crippen molar-refractivity contribution in [3.63, 3.8) is 0 Å². The number of hydrogen-bond acceptors (Lipinski definition) is 5. The minimum Gasteiger partial charge on any atom is -0.379 e. The number of morpholine rings is 1. The summed E-state index contributed by atoms with van der Waals surface area (Å²) in [5.74, 6) is 0.771. The second kappa shape index (κ2) is 8.87. The van der Waals surface area contributed by atoms with Crippen LogP contribution >= 0.6 is 11.8 Å². The van der Waals surface area contributed by atoms with Gasteiger partial charge < -0.3 is 15.4 Å². The van der Waals surface area contributed by atoms with Gasteiger partial charge in [-0.15, -0.1) is 11.8 Å². The monoisotopic (exact) mass is 301 g/mol. The molecule has 2 saturated heterocycles. The van der Waals surface area contributed by atoms with Crippen LogP contribution in [0.2, 0.25) is 0 Å². The average molecular weight is 301 g/mol. The fourth-order valence-electron chi connectivity index (χ4n) is 2.69. The van der Waals surface area contributed by atoms with Crippen molar-refractivity contribution < 1.29 is 9.53 Å². The molecule has 2 N–H and O–H groups in total. The zero-order valence-corrected chi connectivity index (χ0v) is 13.2. The van der Waals surface area contributed by atoms with Crippen LogP contribution in [0.25, 0.3) is 0 Å². The molecule has 0 aliphatic carbocycles. The number of carbonyl (C=O) groups excluding carboxylic acids is 1. The van der Waals surface area contributed by atoms with Gasteiger partial charge in [-0.25, -0.2) is 0 Å². The van der Waals surface area contributed by atoms with Gasteiger partial charge in [-0.2, -0.15) is 0 Å². The highest BCUT2D eigenvalue weighted by atomic mass is 32.2. The Balaban J connectivity index is 1.57. The summed E-state index contributed by atoms with van der Waals surface area (Å²) in [4.78, 5) is 14.3. The van der Waals surface area contributed by atoms with Gasteiger partial charge in [0.05, 0.1) is 19.0 Å². The number of rotatable bonds is 6. The van der Waals surface area contributed by atoms with E-state index in [4.69, 9.17) is 4.74 Å². The Morgan fingerprint density at radius 2 is 2.10 bits per heavy atom. The molecular weight excluding hydrogens is 274 g/mol. The van der Waals surface area contributed by atoms with Crippen molar-refractivity contribution >= 4 is 17.7 Å². The summed E-state index contributed by atoms with van der Waals surface area (Å²) in [5, 5.41) is 7.11. The zero-order valence-electron chi connectivity index (χ0n) is 12.4. The number of amides is 1. The fraction of sp³-hybridized carbons (Fsp3) is 0.929. The summed E-state index contributed by atoms with van der Waals surface area (Å²) in [7, 11) is 0. The van der Waals surface area contributed by atoms with E-state index < -0.39 is 0 Å². The number of nitrogens with zero attached hydrogens (tertiary/aromatic N) is 1. The highest BCUT2D eigenvalue weighted by Crippen LogP contribution is 2.19. The molecule has 1 unspecified atom stereocenters. The predicted molar refractivity (Wildman–Crippen MR) is 83.2 cm³/mol. The van der Waals surface area contributed by atoms with Crippen LogP contribution in [0.4, 0.5) is 0 Å². The van der Waals surface area contributed by atoms with Crippen molar-refractivity contribution in [2.24, 2.45) is 0 Å². The van der Waals surface area contributed by atoms with Crippen LogP contribution in [-0.2, 0) is 9.53 Å². The number of nitrogens with one attached hydrogen (secondary N) is 2. The van der Waals surface area contributed by atoms with Crippen LogP contribution in [0.3, 0.4) is 0 Å². The van der Waals surface area contributed by atoms with E-state index in [1.54, 1.807) is 0 Å².